The maximum absolute atomic E-state index is 14.4. The number of nitrogens with two attached hydrogens (primary N) is 1. The lowest BCUT2D eigenvalue weighted by molar-refractivity contribution is -0.149. The third-order valence-corrected chi connectivity index (χ3v) is 8.72. The number of hydrogen-bond acceptors (Lipinski definition) is 8. The van der Waals surface area contributed by atoms with Crippen molar-refractivity contribution < 1.29 is 37.7 Å². The summed E-state index contributed by atoms with van der Waals surface area (Å²) in [4.78, 5) is 34.8. The molecule has 0 aliphatic heterocycles. The molecule has 1 unspecified atom stereocenters. The molecule has 1 heterocycles. The molecule has 0 bridgehead atoms. The highest BCUT2D eigenvalue weighted by molar-refractivity contribution is 6.35. The third kappa shape index (κ3) is 9.54. The van der Waals surface area contributed by atoms with Crippen molar-refractivity contribution in [1.82, 2.24) is 9.88 Å². The fourth-order valence-electron chi connectivity index (χ4n) is 5.67. The summed E-state index contributed by atoms with van der Waals surface area (Å²) in [6, 6.07) is -0.779. The first-order valence-corrected chi connectivity index (χ1v) is 15.1. The lowest BCUT2D eigenvalue weighted by atomic mass is 9.79. The first kappa shape index (κ1) is 35.1. The van der Waals surface area contributed by atoms with Gasteiger partial charge in [-0.05, 0) is 71.1 Å². The molecule has 0 saturated heterocycles. The predicted molar refractivity (Wildman–Crippen MR) is 157 cm³/mol. The fourth-order valence-corrected chi connectivity index (χ4v) is 6.29. The van der Waals surface area contributed by atoms with E-state index in [0.29, 0.717) is 44.7 Å². The monoisotopic (exact) mass is 650 g/mol. The average molecular weight is 652 g/mol. The van der Waals surface area contributed by atoms with Crippen molar-refractivity contribution in [3.05, 3.63) is 39.8 Å². The van der Waals surface area contributed by atoms with Crippen molar-refractivity contribution in [2.75, 3.05) is 19.7 Å². The average Bonchev–Trinajstić information content (AvgIpc) is 2.93. The summed E-state index contributed by atoms with van der Waals surface area (Å²) in [6.45, 7) is 3.18. The minimum Gasteiger partial charge on any atom is -0.466 e. The van der Waals surface area contributed by atoms with E-state index in [4.69, 9.17) is 33.7 Å². The van der Waals surface area contributed by atoms with Crippen molar-refractivity contribution in [3.8, 4) is 0 Å². The van der Waals surface area contributed by atoms with E-state index in [1.54, 1.807) is 13.8 Å². The Morgan fingerprint density at radius 1 is 1.19 bits per heavy atom. The van der Waals surface area contributed by atoms with Crippen molar-refractivity contribution in [1.29, 1.82) is 0 Å². The van der Waals surface area contributed by atoms with Gasteiger partial charge in [0.25, 0.3) is 5.91 Å². The minimum atomic E-state index is -5.01. The maximum atomic E-state index is 14.4. The smallest absolute Gasteiger partial charge is 0.433 e. The van der Waals surface area contributed by atoms with Gasteiger partial charge in [0.2, 0.25) is 0 Å². The van der Waals surface area contributed by atoms with Crippen LogP contribution in [-0.4, -0.2) is 75.2 Å². The Labute approximate surface area is 259 Å². The molecule has 3 rings (SSSR count). The highest BCUT2D eigenvalue weighted by Crippen LogP contribution is 2.35. The number of amides is 1. The molecule has 240 valence electrons. The predicted octanol–water partition coefficient (Wildman–Crippen LogP) is 5.16. The molecule has 2 aliphatic carbocycles. The summed E-state index contributed by atoms with van der Waals surface area (Å²) in [5.74, 6) is -2.00. The van der Waals surface area contributed by atoms with E-state index in [2.05, 4.69) is 9.98 Å². The van der Waals surface area contributed by atoms with Crippen LogP contribution in [0.5, 0.6) is 0 Å². The highest BCUT2D eigenvalue weighted by atomic mass is 35.5. The van der Waals surface area contributed by atoms with Crippen LogP contribution in [0.25, 0.3) is 0 Å². The van der Waals surface area contributed by atoms with Crippen LogP contribution >= 0.6 is 23.2 Å². The Hall–Kier alpha value is -2.41. The second-order valence-corrected chi connectivity index (χ2v) is 12.3. The van der Waals surface area contributed by atoms with Gasteiger partial charge in [0.15, 0.2) is 5.71 Å². The Morgan fingerprint density at radius 2 is 1.77 bits per heavy atom. The zero-order valence-corrected chi connectivity index (χ0v) is 25.8. The van der Waals surface area contributed by atoms with Gasteiger partial charge < -0.3 is 25.6 Å². The zero-order chi connectivity index (χ0) is 31.9. The molecule has 43 heavy (non-hydrogen) atoms. The molecule has 4 N–H and O–H groups in total. The van der Waals surface area contributed by atoms with Crippen molar-refractivity contribution in [2.24, 2.45) is 22.6 Å². The summed E-state index contributed by atoms with van der Waals surface area (Å²) in [5, 5.41) is 21.5. The second-order valence-electron chi connectivity index (χ2n) is 11.5. The van der Waals surface area contributed by atoms with Crippen molar-refractivity contribution >= 4 is 40.8 Å². The molecule has 2 aliphatic rings. The third-order valence-electron chi connectivity index (χ3n) is 8.11. The van der Waals surface area contributed by atoms with E-state index < -0.39 is 53.6 Å². The number of ether oxygens (including phenoxy) is 1. The number of esters is 1. The Morgan fingerprint density at radius 3 is 2.28 bits per heavy atom. The number of aliphatic hydroxyl groups excluding tert-OH is 1. The van der Waals surface area contributed by atoms with E-state index in [1.807, 2.05) is 0 Å². The van der Waals surface area contributed by atoms with Crippen LogP contribution in [0.4, 0.5) is 13.2 Å². The zero-order valence-electron chi connectivity index (χ0n) is 24.2. The van der Waals surface area contributed by atoms with E-state index in [0.717, 1.165) is 4.90 Å². The van der Waals surface area contributed by atoms with Crippen LogP contribution in [0, 0.1) is 11.8 Å². The first-order chi connectivity index (χ1) is 20.2. The van der Waals surface area contributed by atoms with Crippen LogP contribution in [0.15, 0.2) is 29.2 Å². The van der Waals surface area contributed by atoms with Crippen LogP contribution in [0.3, 0.4) is 0 Å². The highest BCUT2D eigenvalue weighted by Gasteiger charge is 2.43. The second kappa shape index (κ2) is 15.0. The number of hydrogen-bond donors (Lipinski definition) is 3. The van der Waals surface area contributed by atoms with Gasteiger partial charge in [-0.15, -0.1) is 0 Å². The molecule has 2 fully saturated rings. The number of aromatic nitrogens is 1. The summed E-state index contributed by atoms with van der Waals surface area (Å²) >= 11 is 12.4. The van der Waals surface area contributed by atoms with Gasteiger partial charge in [0, 0.05) is 30.7 Å². The number of pyridine rings is 1. The normalized spacial score (nSPS) is 26.1. The summed E-state index contributed by atoms with van der Waals surface area (Å²) in [7, 11) is 0. The van der Waals surface area contributed by atoms with Gasteiger partial charge in [-0.3, -0.25) is 19.6 Å². The van der Waals surface area contributed by atoms with Gasteiger partial charge in [0.1, 0.15) is 0 Å². The molecule has 1 aromatic rings. The Balaban J connectivity index is 1.89. The summed E-state index contributed by atoms with van der Waals surface area (Å²) in [6.07, 6.45) is -0.350. The number of halogens is 5. The summed E-state index contributed by atoms with van der Waals surface area (Å²) < 4.78 is 48.3. The maximum Gasteiger partial charge on any atom is 0.433 e. The number of alkyl halides is 3. The van der Waals surface area contributed by atoms with E-state index >= 15 is 0 Å². The molecular formula is C29H39Cl2F3N4O5. The molecule has 1 atom stereocenters. The standard InChI is InChI=1S/C29H39Cl2F3N4O5/c1-3-43-27(41)18-4-6-19(7-5-18)37-25(29(32,33)34)20(12-35)26(40)38(15-17-8-10-28(2,42)11-9-17)16-23(39)24-21(30)13-36-14-22(24)31/h12-14,17-19,23,39,42H,3-11,15-16,35H2,1-2H3. The largest absolute Gasteiger partial charge is 0.466 e. The molecule has 1 aromatic heterocycles. The number of carbonyl (C=O) groups excluding carboxylic acids is 2. The van der Waals surface area contributed by atoms with Crippen LogP contribution in [-0.2, 0) is 14.3 Å². The van der Waals surface area contributed by atoms with Gasteiger partial charge in [-0.1, -0.05) is 23.2 Å². The Bertz CT molecular complexity index is 1170. The summed E-state index contributed by atoms with van der Waals surface area (Å²) in [5.41, 5.74) is 2.63. The van der Waals surface area contributed by atoms with E-state index in [-0.39, 0.29) is 53.5 Å². The molecule has 14 heteroatoms. The topological polar surface area (TPSA) is 138 Å². The van der Waals surface area contributed by atoms with Gasteiger partial charge in [-0.25, -0.2) is 0 Å². The molecule has 2 saturated carbocycles. The van der Waals surface area contributed by atoms with Crippen LogP contribution in [0.2, 0.25) is 10.0 Å². The van der Waals surface area contributed by atoms with Gasteiger partial charge >= 0.3 is 12.1 Å². The van der Waals surface area contributed by atoms with Crippen molar-refractivity contribution in [3.63, 3.8) is 0 Å². The van der Waals surface area contributed by atoms with E-state index in [1.165, 1.54) is 12.4 Å². The molecular weight excluding hydrogens is 612 g/mol. The molecule has 0 aromatic carbocycles. The quantitative estimate of drug-likeness (QED) is 0.181. The number of nitrogens with zero attached hydrogens (tertiary/aromatic N) is 3. The van der Waals surface area contributed by atoms with Crippen LogP contribution < -0.4 is 5.73 Å². The molecule has 0 spiro atoms. The Kier molecular flexibility index (Phi) is 12.3. The first-order valence-electron chi connectivity index (χ1n) is 14.4. The number of aliphatic imine (C=N–C) groups is 1. The lowest BCUT2D eigenvalue weighted by Gasteiger charge is -2.36. The van der Waals surface area contributed by atoms with Gasteiger partial charge in [0.05, 0.1) is 52.4 Å². The van der Waals surface area contributed by atoms with Crippen LogP contribution in [0.1, 0.15) is 76.9 Å². The number of aliphatic hydroxyl groups is 2. The fraction of sp³-hybridized carbons (Fsp3) is 0.655. The lowest BCUT2D eigenvalue weighted by Crippen LogP contribution is -2.44. The van der Waals surface area contributed by atoms with E-state index in [9.17, 15) is 33.0 Å². The minimum absolute atomic E-state index is 0.000575. The molecule has 1 amide bonds. The number of rotatable bonds is 10. The number of carbonyl (C=O) groups is 2. The molecule has 9 nitrogen and oxygen atoms in total. The van der Waals surface area contributed by atoms with Crippen molar-refractivity contribution in [2.45, 2.75) is 89.1 Å². The molecule has 0 radical (unpaired) electrons. The SMILES string of the molecule is CCOC(=O)C1CCC(N=C(C(=CN)C(=O)N(CC2CCC(C)(O)CC2)CC(O)c2c(Cl)cncc2Cl)C(F)(F)F)CC1. The van der Waals surface area contributed by atoms with Gasteiger partial charge in [-0.2, -0.15) is 13.2 Å².